The fourth-order valence-electron chi connectivity index (χ4n) is 1.60. The number of phenols is 2. The maximum Gasteiger partial charge on any atom is 0.255 e. The SMILES string of the molecule is CCCCC(C)NC(=O)c1cccc(O)c1O. The number of para-hydroxylation sites is 1. The van der Waals surface area contributed by atoms with Crippen LogP contribution in [0.25, 0.3) is 0 Å². The summed E-state index contributed by atoms with van der Waals surface area (Å²) in [5.41, 5.74) is 0.105. The monoisotopic (exact) mass is 237 g/mol. The third kappa shape index (κ3) is 3.66. The molecule has 1 aromatic carbocycles. The van der Waals surface area contributed by atoms with Crippen LogP contribution in [0.5, 0.6) is 11.5 Å². The minimum atomic E-state index is -0.368. The van der Waals surface area contributed by atoms with Crippen LogP contribution in [-0.2, 0) is 0 Å². The number of benzene rings is 1. The summed E-state index contributed by atoms with van der Waals surface area (Å²) in [6.07, 6.45) is 3.03. The number of unbranched alkanes of at least 4 members (excludes halogenated alkanes) is 1. The van der Waals surface area contributed by atoms with Gasteiger partial charge in [0.1, 0.15) is 0 Å². The van der Waals surface area contributed by atoms with E-state index in [4.69, 9.17) is 0 Å². The van der Waals surface area contributed by atoms with Gasteiger partial charge in [-0.15, -0.1) is 0 Å². The average molecular weight is 237 g/mol. The van der Waals surface area contributed by atoms with Gasteiger partial charge in [-0.1, -0.05) is 25.8 Å². The van der Waals surface area contributed by atoms with Crippen molar-refractivity contribution < 1.29 is 15.0 Å². The molecule has 1 aromatic rings. The fourth-order valence-corrected chi connectivity index (χ4v) is 1.60. The molecule has 1 amide bonds. The highest BCUT2D eigenvalue weighted by molar-refractivity contribution is 5.97. The summed E-state index contributed by atoms with van der Waals surface area (Å²) in [5.74, 6) is -1.01. The van der Waals surface area contributed by atoms with E-state index in [9.17, 15) is 15.0 Å². The molecule has 0 spiro atoms. The number of hydrogen-bond acceptors (Lipinski definition) is 3. The lowest BCUT2D eigenvalue weighted by Crippen LogP contribution is -2.32. The predicted octanol–water partition coefficient (Wildman–Crippen LogP) is 2.41. The molecule has 0 heterocycles. The summed E-state index contributed by atoms with van der Waals surface area (Å²) in [7, 11) is 0. The minimum Gasteiger partial charge on any atom is -0.504 e. The molecule has 0 aromatic heterocycles. The number of aromatic hydroxyl groups is 2. The summed E-state index contributed by atoms with van der Waals surface area (Å²) >= 11 is 0. The number of phenolic OH excluding ortho intramolecular Hbond substituents is 2. The van der Waals surface area contributed by atoms with Crippen molar-refractivity contribution >= 4 is 5.91 Å². The second-order valence-corrected chi connectivity index (χ2v) is 4.19. The van der Waals surface area contributed by atoms with E-state index in [1.807, 2.05) is 6.92 Å². The quantitative estimate of drug-likeness (QED) is 0.689. The Morgan fingerprint density at radius 2 is 2.12 bits per heavy atom. The Hall–Kier alpha value is -1.71. The number of hydrogen-bond donors (Lipinski definition) is 3. The van der Waals surface area contributed by atoms with Gasteiger partial charge in [0, 0.05) is 6.04 Å². The van der Waals surface area contributed by atoms with Crippen molar-refractivity contribution in [1.82, 2.24) is 5.32 Å². The zero-order chi connectivity index (χ0) is 12.8. The minimum absolute atomic E-state index is 0.0594. The highest BCUT2D eigenvalue weighted by Crippen LogP contribution is 2.28. The third-order valence-corrected chi connectivity index (χ3v) is 2.63. The number of nitrogens with one attached hydrogen (secondary N) is 1. The molecule has 0 radical (unpaired) electrons. The second-order valence-electron chi connectivity index (χ2n) is 4.19. The smallest absolute Gasteiger partial charge is 0.255 e. The van der Waals surface area contributed by atoms with Crippen LogP contribution in [0.1, 0.15) is 43.5 Å². The molecule has 0 saturated heterocycles. The van der Waals surface area contributed by atoms with Gasteiger partial charge in [0.15, 0.2) is 11.5 Å². The van der Waals surface area contributed by atoms with Crippen molar-refractivity contribution in [3.05, 3.63) is 23.8 Å². The molecule has 94 valence electrons. The van der Waals surface area contributed by atoms with Crippen molar-refractivity contribution in [1.29, 1.82) is 0 Å². The molecule has 3 N–H and O–H groups in total. The summed E-state index contributed by atoms with van der Waals surface area (Å²) in [5, 5.41) is 21.6. The van der Waals surface area contributed by atoms with Crippen LogP contribution in [0.4, 0.5) is 0 Å². The van der Waals surface area contributed by atoms with E-state index in [0.29, 0.717) is 0 Å². The summed E-state index contributed by atoms with van der Waals surface area (Å²) in [6, 6.07) is 4.41. The Bertz CT molecular complexity index is 390. The van der Waals surface area contributed by atoms with Crippen LogP contribution in [0.15, 0.2) is 18.2 Å². The van der Waals surface area contributed by atoms with E-state index < -0.39 is 0 Å². The molecule has 0 aliphatic rings. The highest BCUT2D eigenvalue weighted by atomic mass is 16.3. The van der Waals surface area contributed by atoms with Gasteiger partial charge in [-0.25, -0.2) is 0 Å². The van der Waals surface area contributed by atoms with Crippen LogP contribution in [-0.4, -0.2) is 22.2 Å². The zero-order valence-electron chi connectivity index (χ0n) is 10.2. The third-order valence-electron chi connectivity index (χ3n) is 2.63. The Morgan fingerprint density at radius 1 is 1.41 bits per heavy atom. The molecule has 0 bridgehead atoms. The largest absolute Gasteiger partial charge is 0.504 e. The number of amides is 1. The lowest BCUT2D eigenvalue weighted by atomic mass is 10.1. The van der Waals surface area contributed by atoms with Crippen LogP contribution >= 0.6 is 0 Å². The van der Waals surface area contributed by atoms with Crippen molar-refractivity contribution in [3.8, 4) is 11.5 Å². The van der Waals surface area contributed by atoms with Gasteiger partial charge in [-0.3, -0.25) is 4.79 Å². The molecule has 1 rings (SSSR count). The highest BCUT2D eigenvalue weighted by Gasteiger charge is 2.15. The Labute approximate surface area is 101 Å². The van der Waals surface area contributed by atoms with E-state index >= 15 is 0 Å². The molecule has 17 heavy (non-hydrogen) atoms. The standard InChI is InChI=1S/C13H19NO3/c1-3-4-6-9(2)14-13(17)10-7-5-8-11(15)12(10)16/h5,7-9,15-16H,3-4,6H2,1-2H3,(H,14,17). The molecule has 1 unspecified atom stereocenters. The average Bonchev–Trinajstić information content (AvgIpc) is 2.29. The molecular formula is C13H19NO3. The first-order valence-corrected chi connectivity index (χ1v) is 5.88. The molecule has 0 aliphatic heterocycles. The topological polar surface area (TPSA) is 69.6 Å². The lowest BCUT2D eigenvalue weighted by molar-refractivity contribution is 0.0934. The summed E-state index contributed by atoms with van der Waals surface area (Å²) < 4.78 is 0. The number of rotatable bonds is 5. The van der Waals surface area contributed by atoms with Crippen LogP contribution in [0.2, 0.25) is 0 Å². The van der Waals surface area contributed by atoms with E-state index in [0.717, 1.165) is 19.3 Å². The molecule has 0 saturated carbocycles. The Balaban J connectivity index is 2.67. The Kier molecular flexibility index (Phi) is 4.82. The van der Waals surface area contributed by atoms with Gasteiger partial charge in [-0.05, 0) is 25.5 Å². The molecule has 4 nitrogen and oxygen atoms in total. The van der Waals surface area contributed by atoms with Gasteiger partial charge in [0.2, 0.25) is 0 Å². The first kappa shape index (κ1) is 13.4. The van der Waals surface area contributed by atoms with Crippen molar-refractivity contribution in [2.75, 3.05) is 0 Å². The Morgan fingerprint density at radius 3 is 2.76 bits per heavy atom. The van der Waals surface area contributed by atoms with Crippen LogP contribution in [0, 0.1) is 0 Å². The predicted molar refractivity (Wildman–Crippen MR) is 66.2 cm³/mol. The van der Waals surface area contributed by atoms with Gasteiger partial charge < -0.3 is 15.5 Å². The molecule has 0 aliphatic carbocycles. The van der Waals surface area contributed by atoms with Crippen molar-refractivity contribution in [2.45, 2.75) is 39.2 Å². The van der Waals surface area contributed by atoms with E-state index in [-0.39, 0.29) is 29.0 Å². The molecule has 0 fully saturated rings. The number of carbonyl (C=O) groups excluding carboxylic acids is 1. The van der Waals surface area contributed by atoms with Crippen molar-refractivity contribution in [3.63, 3.8) is 0 Å². The maximum absolute atomic E-state index is 11.8. The van der Waals surface area contributed by atoms with E-state index in [1.165, 1.54) is 18.2 Å². The van der Waals surface area contributed by atoms with E-state index in [1.54, 1.807) is 0 Å². The summed E-state index contributed by atoms with van der Waals surface area (Å²) in [6.45, 7) is 4.02. The first-order valence-electron chi connectivity index (χ1n) is 5.88. The second kappa shape index (κ2) is 6.13. The maximum atomic E-state index is 11.8. The van der Waals surface area contributed by atoms with Gasteiger partial charge in [-0.2, -0.15) is 0 Å². The normalized spacial score (nSPS) is 12.1. The number of carbonyl (C=O) groups is 1. The van der Waals surface area contributed by atoms with Gasteiger partial charge in [0.05, 0.1) is 5.56 Å². The molecule has 4 heteroatoms. The lowest BCUT2D eigenvalue weighted by Gasteiger charge is -2.14. The molecular weight excluding hydrogens is 218 g/mol. The summed E-state index contributed by atoms with van der Waals surface area (Å²) in [4.78, 5) is 11.8. The van der Waals surface area contributed by atoms with Crippen LogP contribution in [0.3, 0.4) is 0 Å². The van der Waals surface area contributed by atoms with Crippen LogP contribution < -0.4 is 5.32 Å². The van der Waals surface area contributed by atoms with Gasteiger partial charge >= 0.3 is 0 Å². The van der Waals surface area contributed by atoms with E-state index in [2.05, 4.69) is 12.2 Å². The molecule has 1 atom stereocenters. The van der Waals surface area contributed by atoms with Crippen molar-refractivity contribution in [2.24, 2.45) is 0 Å². The first-order chi connectivity index (χ1) is 8.06. The fraction of sp³-hybridized carbons (Fsp3) is 0.462. The van der Waals surface area contributed by atoms with Gasteiger partial charge in [0.25, 0.3) is 5.91 Å². The zero-order valence-corrected chi connectivity index (χ0v) is 10.2.